The number of aliphatic imine (C=N–C) groups is 1. The van der Waals surface area contributed by atoms with Crippen LogP contribution in [0.15, 0.2) is 35.5 Å². The topological polar surface area (TPSA) is 68.2 Å². The van der Waals surface area contributed by atoms with Gasteiger partial charge < -0.3 is 15.3 Å². The standard InChI is InChI=1S/C15H19ClN4O2/c1-19(7-3-9-21)14-5-4-12(16)10-13(14)18-15(22)20-8-2-6-17-11-20/h2,4-6,8,10,21H,3,7,9,11H2,1H3,(H,18,22). The Hall–Kier alpha value is -2.05. The van der Waals surface area contributed by atoms with E-state index in [0.717, 1.165) is 5.69 Å². The van der Waals surface area contributed by atoms with E-state index in [2.05, 4.69) is 10.3 Å². The molecule has 1 aromatic rings. The minimum Gasteiger partial charge on any atom is -0.396 e. The first-order valence-electron chi connectivity index (χ1n) is 6.97. The molecule has 0 radical (unpaired) electrons. The molecule has 22 heavy (non-hydrogen) atoms. The Balaban J connectivity index is 2.14. The largest absolute Gasteiger partial charge is 0.396 e. The van der Waals surface area contributed by atoms with Crippen LogP contribution in [0.2, 0.25) is 5.02 Å². The zero-order valence-corrected chi connectivity index (χ0v) is 13.1. The summed E-state index contributed by atoms with van der Waals surface area (Å²) in [5, 5.41) is 12.3. The Morgan fingerprint density at radius 3 is 3.05 bits per heavy atom. The maximum absolute atomic E-state index is 12.3. The number of nitrogens with zero attached hydrogens (tertiary/aromatic N) is 3. The lowest BCUT2D eigenvalue weighted by molar-refractivity contribution is 0.229. The lowest BCUT2D eigenvalue weighted by Gasteiger charge is -2.24. The van der Waals surface area contributed by atoms with Crippen LogP contribution in [0, 0.1) is 0 Å². The van der Waals surface area contributed by atoms with Crippen LogP contribution >= 0.6 is 11.6 Å². The van der Waals surface area contributed by atoms with E-state index >= 15 is 0 Å². The number of carbonyl (C=O) groups excluding carboxylic acids is 1. The van der Waals surface area contributed by atoms with E-state index in [1.54, 1.807) is 30.6 Å². The van der Waals surface area contributed by atoms with Crippen molar-refractivity contribution in [2.75, 3.05) is 37.1 Å². The fourth-order valence-electron chi connectivity index (χ4n) is 2.07. The van der Waals surface area contributed by atoms with E-state index in [1.165, 1.54) is 4.90 Å². The molecular weight excluding hydrogens is 304 g/mol. The lowest BCUT2D eigenvalue weighted by Crippen LogP contribution is -2.32. The van der Waals surface area contributed by atoms with Gasteiger partial charge in [0.1, 0.15) is 6.67 Å². The molecule has 2 rings (SSSR count). The Morgan fingerprint density at radius 1 is 1.55 bits per heavy atom. The SMILES string of the molecule is CN(CCCO)c1ccc(Cl)cc1NC(=O)N1C=CC=NC1. The van der Waals surface area contributed by atoms with Gasteiger partial charge in [-0.15, -0.1) is 0 Å². The number of rotatable bonds is 5. The Bertz CT molecular complexity index is 589. The van der Waals surface area contributed by atoms with Crippen molar-refractivity contribution in [2.45, 2.75) is 6.42 Å². The summed E-state index contributed by atoms with van der Waals surface area (Å²) in [4.78, 5) is 19.7. The molecule has 0 aromatic heterocycles. The van der Waals surface area contributed by atoms with Gasteiger partial charge in [0.25, 0.3) is 0 Å². The Labute approximate surface area is 134 Å². The molecule has 0 spiro atoms. The molecule has 0 unspecified atom stereocenters. The van der Waals surface area contributed by atoms with E-state index in [1.807, 2.05) is 18.0 Å². The number of aliphatic hydroxyl groups excluding tert-OH is 1. The first kappa shape index (κ1) is 16.3. The fourth-order valence-corrected chi connectivity index (χ4v) is 2.25. The van der Waals surface area contributed by atoms with Crippen molar-refractivity contribution >= 4 is 35.2 Å². The number of anilines is 2. The van der Waals surface area contributed by atoms with E-state index in [9.17, 15) is 4.79 Å². The second kappa shape index (κ2) is 7.82. The third kappa shape index (κ3) is 4.22. The summed E-state index contributed by atoms with van der Waals surface area (Å²) in [7, 11) is 1.90. The number of aliphatic hydroxyl groups is 1. The number of halogens is 1. The monoisotopic (exact) mass is 322 g/mol. The molecule has 0 fully saturated rings. The molecule has 1 heterocycles. The maximum Gasteiger partial charge on any atom is 0.327 e. The average molecular weight is 323 g/mol. The van der Waals surface area contributed by atoms with Gasteiger partial charge in [-0.2, -0.15) is 0 Å². The van der Waals surface area contributed by atoms with E-state index in [-0.39, 0.29) is 12.6 Å². The maximum atomic E-state index is 12.3. The summed E-state index contributed by atoms with van der Waals surface area (Å²) < 4.78 is 0. The predicted molar refractivity (Wildman–Crippen MR) is 89.8 cm³/mol. The molecule has 2 amide bonds. The number of nitrogens with one attached hydrogen (secondary N) is 1. The summed E-state index contributed by atoms with van der Waals surface area (Å²) >= 11 is 6.03. The molecule has 2 N–H and O–H groups in total. The van der Waals surface area contributed by atoms with E-state index in [4.69, 9.17) is 16.7 Å². The molecule has 7 heteroatoms. The van der Waals surface area contributed by atoms with Crippen molar-refractivity contribution in [2.24, 2.45) is 4.99 Å². The molecular formula is C15H19ClN4O2. The highest BCUT2D eigenvalue weighted by Crippen LogP contribution is 2.29. The summed E-state index contributed by atoms with van der Waals surface area (Å²) in [6.45, 7) is 1.09. The van der Waals surface area contributed by atoms with Gasteiger partial charge in [-0.05, 0) is 30.7 Å². The minimum absolute atomic E-state index is 0.121. The summed E-state index contributed by atoms with van der Waals surface area (Å²) in [6.07, 6.45) is 5.67. The Kier molecular flexibility index (Phi) is 5.80. The number of carbonyl (C=O) groups is 1. The van der Waals surface area contributed by atoms with Gasteiger partial charge >= 0.3 is 6.03 Å². The molecule has 1 aromatic carbocycles. The first-order valence-corrected chi connectivity index (χ1v) is 7.35. The van der Waals surface area contributed by atoms with Crippen LogP contribution < -0.4 is 10.2 Å². The zero-order chi connectivity index (χ0) is 15.9. The van der Waals surface area contributed by atoms with Gasteiger partial charge in [0.15, 0.2) is 0 Å². The van der Waals surface area contributed by atoms with Gasteiger partial charge in [-0.25, -0.2) is 4.79 Å². The first-order chi connectivity index (χ1) is 10.6. The third-order valence-electron chi connectivity index (χ3n) is 3.22. The van der Waals surface area contributed by atoms with Crippen molar-refractivity contribution in [3.8, 4) is 0 Å². The van der Waals surface area contributed by atoms with Crippen molar-refractivity contribution < 1.29 is 9.90 Å². The molecule has 0 saturated carbocycles. The second-order valence-electron chi connectivity index (χ2n) is 4.87. The van der Waals surface area contributed by atoms with Crippen LogP contribution in [-0.4, -0.2) is 49.1 Å². The van der Waals surface area contributed by atoms with Crippen molar-refractivity contribution in [1.82, 2.24) is 4.90 Å². The molecule has 1 aliphatic rings. The van der Waals surface area contributed by atoms with Crippen LogP contribution in [0.1, 0.15) is 6.42 Å². The smallest absolute Gasteiger partial charge is 0.327 e. The van der Waals surface area contributed by atoms with Gasteiger partial charge in [0, 0.05) is 37.6 Å². The van der Waals surface area contributed by atoms with Crippen LogP contribution in [0.25, 0.3) is 0 Å². The number of benzene rings is 1. The molecule has 118 valence electrons. The average Bonchev–Trinajstić information content (AvgIpc) is 2.53. The van der Waals surface area contributed by atoms with Crippen LogP contribution in [-0.2, 0) is 0 Å². The molecule has 6 nitrogen and oxygen atoms in total. The number of urea groups is 1. The fraction of sp³-hybridized carbons (Fsp3) is 0.333. The highest BCUT2D eigenvalue weighted by molar-refractivity contribution is 6.31. The number of allylic oxidation sites excluding steroid dienone is 1. The highest BCUT2D eigenvalue weighted by atomic mass is 35.5. The van der Waals surface area contributed by atoms with Crippen LogP contribution in [0.3, 0.4) is 0 Å². The van der Waals surface area contributed by atoms with Gasteiger partial charge in [-0.3, -0.25) is 9.89 Å². The third-order valence-corrected chi connectivity index (χ3v) is 3.45. The van der Waals surface area contributed by atoms with Gasteiger partial charge in [0.2, 0.25) is 0 Å². The highest BCUT2D eigenvalue weighted by Gasteiger charge is 2.15. The van der Waals surface area contributed by atoms with Crippen LogP contribution in [0.5, 0.6) is 0 Å². The minimum atomic E-state index is -0.271. The van der Waals surface area contributed by atoms with Gasteiger partial charge in [0.05, 0.1) is 11.4 Å². The number of amides is 2. The number of hydrogen-bond donors (Lipinski definition) is 2. The quantitative estimate of drug-likeness (QED) is 0.875. The summed E-state index contributed by atoms with van der Waals surface area (Å²) in [5.41, 5.74) is 1.47. The molecule has 0 bridgehead atoms. The predicted octanol–water partition coefficient (Wildman–Crippen LogP) is 2.55. The normalized spacial score (nSPS) is 13.3. The summed E-state index contributed by atoms with van der Waals surface area (Å²) in [5.74, 6) is 0. The second-order valence-corrected chi connectivity index (χ2v) is 5.31. The molecule has 0 saturated heterocycles. The zero-order valence-electron chi connectivity index (χ0n) is 12.4. The van der Waals surface area contributed by atoms with Crippen molar-refractivity contribution in [1.29, 1.82) is 0 Å². The van der Waals surface area contributed by atoms with E-state index < -0.39 is 0 Å². The van der Waals surface area contributed by atoms with Gasteiger partial charge in [-0.1, -0.05) is 11.6 Å². The van der Waals surface area contributed by atoms with Crippen molar-refractivity contribution in [3.05, 3.63) is 35.5 Å². The lowest BCUT2D eigenvalue weighted by atomic mass is 10.2. The number of hydrogen-bond acceptors (Lipinski definition) is 4. The molecule has 1 aliphatic heterocycles. The summed E-state index contributed by atoms with van der Waals surface area (Å²) in [6, 6.07) is 5.06. The molecule has 0 aliphatic carbocycles. The Morgan fingerprint density at radius 2 is 2.36 bits per heavy atom. The van der Waals surface area contributed by atoms with Crippen molar-refractivity contribution in [3.63, 3.8) is 0 Å². The van der Waals surface area contributed by atoms with Crippen LogP contribution in [0.4, 0.5) is 16.2 Å². The molecule has 0 atom stereocenters. The van der Waals surface area contributed by atoms with E-state index in [0.29, 0.717) is 30.3 Å².